The van der Waals surface area contributed by atoms with Gasteiger partial charge in [0.2, 0.25) is 5.91 Å². The Morgan fingerprint density at radius 1 is 1.25 bits per heavy atom. The number of anilines is 1. The first kappa shape index (κ1) is 19.8. The van der Waals surface area contributed by atoms with Crippen LogP contribution in [0.4, 0.5) is 5.69 Å². The molecule has 0 bridgehead atoms. The largest absolute Gasteiger partial charge is 0.325 e. The molecule has 0 heterocycles. The lowest BCUT2D eigenvalue weighted by Crippen LogP contribution is -2.22. The molecule has 0 saturated heterocycles. The summed E-state index contributed by atoms with van der Waals surface area (Å²) < 4.78 is 0. The first-order valence-corrected chi connectivity index (χ1v) is 10.0. The number of amides is 1. The lowest BCUT2D eigenvalue weighted by atomic mass is 9.84. The lowest BCUT2D eigenvalue weighted by Gasteiger charge is -2.23. The third kappa shape index (κ3) is 4.48. The molecule has 4 heteroatoms. The number of unbranched alkanes of at least 4 members (excludes halogenated alkanes) is 1. The number of rotatable bonds is 7. The van der Waals surface area contributed by atoms with Gasteiger partial charge in [0.05, 0.1) is 17.6 Å². The second-order valence-electron chi connectivity index (χ2n) is 7.45. The number of aryl methyl sites for hydroxylation is 2. The molecule has 28 heavy (non-hydrogen) atoms. The molecular weight excluding hydrogens is 348 g/mol. The zero-order valence-electron chi connectivity index (χ0n) is 16.3. The quantitative estimate of drug-likeness (QED) is 0.564. The lowest BCUT2D eigenvalue weighted by molar-refractivity contribution is -0.117. The van der Waals surface area contributed by atoms with Gasteiger partial charge in [0.25, 0.3) is 0 Å². The van der Waals surface area contributed by atoms with E-state index < -0.39 is 0 Å². The van der Waals surface area contributed by atoms with E-state index in [1.54, 1.807) is 12.1 Å². The molecule has 1 aliphatic carbocycles. The van der Waals surface area contributed by atoms with Crippen molar-refractivity contribution in [3.63, 3.8) is 0 Å². The smallest absolute Gasteiger partial charge is 0.231 e. The maximum Gasteiger partial charge on any atom is 0.231 e. The highest BCUT2D eigenvalue weighted by molar-refractivity contribution is 5.96. The highest BCUT2D eigenvalue weighted by Crippen LogP contribution is 2.30. The summed E-state index contributed by atoms with van der Waals surface area (Å²) in [5.74, 6) is -0.327. The number of hydrogen-bond acceptors (Lipinski definition) is 3. The SMILES string of the molecule is CC(C(=O)Nc1cc(C#N)ccc1CCCC=O)c1cccc2c1CCCC2. The maximum absolute atomic E-state index is 13.0. The van der Waals surface area contributed by atoms with Crippen LogP contribution >= 0.6 is 0 Å². The summed E-state index contributed by atoms with van der Waals surface area (Å²) in [6.07, 6.45) is 7.30. The zero-order valence-corrected chi connectivity index (χ0v) is 16.3. The summed E-state index contributed by atoms with van der Waals surface area (Å²) in [6, 6.07) is 13.8. The van der Waals surface area contributed by atoms with Gasteiger partial charge < -0.3 is 10.1 Å². The molecule has 0 saturated carbocycles. The van der Waals surface area contributed by atoms with Crippen molar-refractivity contribution in [2.75, 3.05) is 5.32 Å². The summed E-state index contributed by atoms with van der Waals surface area (Å²) in [7, 11) is 0. The number of nitriles is 1. The second kappa shape index (κ2) is 9.32. The fraction of sp³-hybridized carbons (Fsp3) is 0.375. The first-order valence-electron chi connectivity index (χ1n) is 10.0. The Labute approximate surface area is 166 Å². The fourth-order valence-electron chi connectivity index (χ4n) is 3.95. The summed E-state index contributed by atoms with van der Waals surface area (Å²) in [5.41, 5.74) is 5.94. The Bertz CT molecular complexity index is 911. The van der Waals surface area contributed by atoms with Gasteiger partial charge in [-0.3, -0.25) is 4.79 Å². The van der Waals surface area contributed by atoms with Crippen LogP contribution in [0.15, 0.2) is 36.4 Å². The molecule has 144 valence electrons. The standard InChI is InChI=1S/C24H26N2O2/c1-17(21-11-6-9-19-7-2-3-10-22(19)21)24(28)26-23-15-18(16-25)12-13-20(23)8-4-5-14-27/h6,9,11-15,17H,2-5,7-8,10H2,1H3,(H,26,28). The maximum atomic E-state index is 13.0. The Morgan fingerprint density at radius 3 is 2.86 bits per heavy atom. The molecule has 1 atom stereocenters. The fourth-order valence-corrected chi connectivity index (χ4v) is 3.95. The van der Waals surface area contributed by atoms with E-state index in [2.05, 4.69) is 23.5 Å². The predicted octanol–water partition coefficient (Wildman–Crippen LogP) is 4.70. The molecule has 1 unspecified atom stereocenters. The van der Waals surface area contributed by atoms with Crippen molar-refractivity contribution in [2.24, 2.45) is 0 Å². The van der Waals surface area contributed by atoms with E-state index in [1.165, 1.54) is 24.0 Å². The minimum Gasteiger partial charge on any atom is -0.325 e. The Morgan fingerprint density at radius 2 is 2.07 bits per heavy atom. The normalized spacial score (nSPS) is 13.9. The molecule has 0 aromatic heterocycles. The summed E-state index contributed by atoms with van der Waals surface area (Å²) in [6.45, 7) is 1.94. The Kier molecular flexibility index (Phi) is 6.60. The van der Waals surface area contributed by atoms with E-state index in [9.17, 15) is 14.9 Å². The van der Waals surface area contributed by atoms with E-state index in [4.69, 9.17) is 0 Å². The molecule has 0 aliphatic heterocycles. The van der Waals surface area contributed by atoms with Gasteiger partial charge in [-0.15, -0.1) is 0 Å². The number of carbonyl (C=O) groups excluding carboxylic acids is 2. The molecule has 2 aromatic carbocycles. The van der Waals surface area contributed by atoms with Crippen LogP contribution in [-0.4, -0.2) is 12.2 Å². The van der Waals surface area contributed by atoms with Gasteiger partial charge in [0, 0.05) is 12.1 Å². The minimum atomic E-state index is -0.262. The van der Waals surface area contributed by atoms with Gasteiger partial charge >= 0.3 is 0 Å². The van der Waals surface area contributed by atoms with E-state index in [0.29, 0.717) is 24.1 Å². The molecule has 0 radical (unpaired) electrons. The topological polar surface area (TPSA) is 70.0 Å². The van der Waals surface area contributed by atoms with Crippen LogP contribution in [0, 0.1) is 11.3 Å². The van der Waals surface area contributed by atoms with Crippen LogP contribution in [0.3, 0.4) is 0 Å². The highest BCUT2D eigenvalue weighted by Gasteiger charge is 2.22. The number of benzene rings is 2. The summed E-state index contributed by atoms with van der Waals surface area (Å²) in [4.78, 5) is 23.6. The zero-order chi connectivity index (χ0) is 19.9. The van der Waals surface area contributed by atoms with E-state index in [0.717, 1.165) is 36.7 Å². The summed E-state index contributed by atoms with van der Waals surface area (Å²) >= 11 is 0. The predicted molar refractivity (Wildman–Crippen MR) is 110 cm³/mol. The second-order valence-corrected chi connectivity index (χ2v) is 7.45. The Hall–Kier alpha value is -2.93. The first-order chi connectivity index (χ1) is 13.6. The van der Waals surface area contributed by atoms with Crippen molar-refractivity contribution in [3.05, 3.63) is 64.2 Å². The number of fused-ring (bicyclic) bond motifs is 1. The van der Waals surface area contributed by atoms with Gasteiger partial charge in [0.1, 0.15) is 6.29 Å². The van der Waals surface area contributed by atoms with Crippen LogP contribution < -0.4 is 5.32 Å². The molecule has 2 aromatic rings. The van der Waals surface area contributed by atoms with Crippen LogP contribution in [0.5, 0.6) is 0 Å². The molecule has 1 aliphatic rings. The third-order valence-electron chi connectivity index (χ3n) is 5.56. The van der Waals surface area contributed by atoms with Crippen molar-refractivity contribution in [1.29, 1.82) is 5.26 Å². The van der Waals surface area contributed by atoms with Crippen molar-refractivity contribution in [1.82, 2.24) is 0 Å². The molecule has 1 amide bonds. The number of hydrogen-bond donors (Lipinski definition) is 1. The van der Waals surface area contributed by atoms with Gasteiger partial charge in [-0.05, 0) is 79.8 Å². The monoisotopic (exact) mass is 374 g/mol. The van der Waals surface area contributed by atoms with Crippen molar-refractivity contribution >= 4 is 17.9 Å². The van der Waals surface area contributed by atoms with Gasteiger partial charge in [-0.25, -0.2) is 0 Å². The third-order valence-corrected chi connectivity index (χ3v) is 5.56. The molecule has 0 spiro atoms. The average Bonchev–Trinajstić information content (AvgIpc) is 2.73. The molecular formula is C24H26N2O2. The van der Waals surface area contributed by atoms with Crippen LogP contribution in [-0.2, 0) is 28.9 Å². The molecule has 1 N–H and O–H groups in total. The van der Waals surface area contributed by atoms with E-state index in [1.807, 2.05) is 19.1 Å². The number of carbonyl (C=O) groups is 2. The minimum absolute atomic E-state index is 0.0642. The highest BCUT2D eigenvalue weighted by atomic mass is 16.1. The van der Waals surface area contributed by atoms with Gasteiger partial charge in [0.15, 0.2) is 0 Å². The molecule has 3 rings (SSSR count). The number of nitrogens with zero attached hydrogens (tertiary/aromatic N) is 1. The van der Waals surface area contributed by atoms with Gasteiger partial charge in [-0.1, -0.05) is 24.3 Å². The average molecular weight is 374 g/mol. The van der Waals surface area contributed by atoms with E-state index >= 15 is 0 Å². The van der Waals surface area contributed by atoms with Crippen molar-refractivity contribution in [3.8, 4) is 6.07 Å². The number of aldehydes is 1. The van der Waals surface area contributed by atoms with Crippen LogP contribution in [0.25, 0.3) is 0 Å². The van der Waals surface area contributed by atoms with Crippen molar-refractivity contribution < 1.29 is 9.59 Å². The van der Waals surface area contributed by atoms with Crippen LogP contribution in [0.1, 0.15) is 66.3 Å². The summed E-state index contributed by atoms with van der Waals surface area (Å²) in [5, 5.41) is 12.3. The molecule has 4 nitrogen and oxygen atoms in total. The van der Waals surface area contributed by atoms with Gasteiger partial charge in [-0.2, -0.15) is 5.26 Å². The Balaban J connectivity index is 1.82. The van der Waals surface area contributed by atoms with Crippen molar-refractivity contribution in [2.45, 2.75) is 57.8 Å². The van der Waals surface area contributed by atoms with E-state index in [-0.39, 0.29) is 11.8 Å². The number of nitrogens with one attached hydrogen (secondary N) is 1. The molecule has 0 fully saturated rings. The van der Waals surface area contributed by atoms with Crippen LogP contribution in [0.2, 0.25) is 0 Å².